The molecule has 0 saturated heterocycles. The zero-order valence-electron chi connectivity index (χ0n) is 11.4. The molecule has 0 spiro atoms. The van der Waals surface area contributed by atoms with Gasteiger partial charge in [-0.2, -0.15) is 0 Å². The normalized spacial score (nSPS) is 13.4. The van der Waals surface area contributed by atoms with Crippen LogP contribution in [0.4, 0.5) is 5.82 Å². The maximum atomic E-state index is 6.18. The maximum absolute atomic E-state index is 6.18. The Morgan fingerprint density at radius 2 is 2.26 bits per heavy atom. The van der Waals surface area contributed by atoms with E-state index < -0.39 is 0 Å². The third-order valence-electron chi connectivity index (χ3n) is 3.67. The van der Waals surface area contributed by atoms with Gasteiger partial charge in [0.1, 0.15) is 23.1 Å². The molecule has 3 rings (SSSR count). The number of rotatable bonds is 3. The first-order valence-electron chi connectivity index (χ1n) is 6.78. The molecule has 0 fully saturated rings. The van der Waals surface area contributed by atoms with Gasteiger partial charge in [-0.1, -0.05) is 6.92 Å². The highest BCUT2D eigenvalue weighted by molar-refractivity contribution is 5.72. The number of hydrogen-bond acceptors (Lipinski definition) is 3. The molecule has 4 nitrogen and oxygen atoms in total. The number of anilines is 1. The van der Waals surface area contributed by atoms with E-state index in [4.69, 9.17) is 15.5 Å². The van der Waals surface area contributed by atoms with Crippen LogP contribution in [0.5, 0.6) is 5.75 Å². The molecule has 4 heteroatoms. The number of hydrogen-bond donors (Lipinski definition) is 1. The lowest BCUT2D eigenvalue weighted by atomic mass is 10.1. The van der Waals surface area contributed by atoms with Crippen molar-refractivity contribution < 1.29 is 4.74 Å². The van der Waals surface area contributed by atoms with E-state index in [0.717, 1.165) is 54.5 Å². The summed E-state index contributed by atoms with van der Waals surface area (Å²) in [5, 5.41) is 0. The fourth-order valence-corrected chi connectivity index (χ4v) is 2.55. The maximum Gasteiger partial charge on any atom is 0.131 e. The standard InChI is InChI=1S/C15H19N3O/c1-3-4-13-17-14(15(16)18(13)2)11-5-6-12-10(9-11)7-8-19-12/h5-6,9H,3-4,7-8,16H2,1-2H3. The van der Waals surface area contributed by atoms with Gasteiger partial charge in [0.05, 0.1) is 6.61 Å². The summed E-state index contributed by atoms with van der Waals surface area (Å²) in [6.07, 6.45) is 2.99. The number of aryl methyl sites for hydroxylation is 1. The monoisotopic (exact) mass is 257 g/mol. The molecule has 1 aromatic heterocycles. The van der Waals surface area contributed by atoms with Gasteiger partial charge in [0, 0.05) is 25.5 Å². The fraction of sp³-hybridized carbons (Fsp3) is 0.400. The van der Waals surface area contributed by atoms with Crippen molar-refractivity contribution in [1.82, 2.24) is 9.55 Å². The van der Waals surface area contributed by atoms with E-state index in [1.165, 1.54) is 5.56 Å². The van der Waals surface area contributed by atoms with Crippen LogP contribution in [0.15, 0.2) is 18.2 Å². The minimum Gasteiger partial charge on any atom is -0.493 e. The zero-order valence-corrected chi connectivity index (χ0v) is 11.4. The van der Waals surface area contributed by atoms with Gasteiger partial charge < -0.3 is 15.0 Å². The minimum absolute atomic E-state index is 0.738. The second-order valence-electron chi connectivity index (χ2n) is 4.99. The quantitative estimate of drug-likeness (QED) is 0.919. The van der Waals surface area contributed by atoms with Crippen molar-refractivity contribution in [2.75, 3.05) is 12.3 Å². The van der Waals surface area contributed by atoms with Crippen molar-refractivity contribution in [3.05, 3.63) is 29.6 Å². The van der Waals surface area contributed by atoms with Crippen LogP contribution >= 0.6 is 0 Å². The highest BCUT2D eigenvalue weighted by Crippen LogP contribution is 2.32. The topological polar surface area (TPSA) is 53.1 Å². The smallest absolute Gasteiger partial charge is 0.131 e. The number of nitrogens with two attached hydrogens (primary N) is 1. The molecule has 0 saturated carbocycles. The largest absolute Gasteiger partial charge is 0.493 e. The Kier molecular flexibility index (Phi) is 2.93. The summed E-state index contributed by atoms with van der Waals surface area (Å²) in [4.78, 5) is 4.69. The van der Waals surface area contributed by atoms with Crippen molar-refractivity contribution in [3.63, 3.8) is 0 Å². The van der Waals surface area contributed by atoms with Gasteiger partial charge in [-0.3, -0.25) is 0 Å². The lowest BCUT2D eigenvalue weighted by molar-refractivity contribution is 0.357. The van der Waals surface area contributed by atoms with Crippen molar-refractivity contribution in [1.29, 1.82) is 0 Å². The molecule has 0 atom stereocenters. The minimum atomic E-state index is 0.738. The molecule has 1 aliphatic rings. The molecule has 1 aromatic carbocycles. The van der Waals surface area contributed by atoms with E-state index in [2.05, 4.69) is 13.0 Å². The predicted molar refractivity (Wildman–Crippen MR) is 76.3 cm³/mol. The lowest BCUT2D eigenvalue weighted by Gasteiger charge is -2.03. The van der Waals surface area contributed by atoms with Crippen molar-refractivity contribution >= 4 is 5.82 Å². The molecule has 0 radical (unpaired) electrons. The lowest BCUT2D eigenvalue weighted by Crippen LogP contribution is -2.01. The van der Waals surface area contributed by atoms with Crippen LogP contribution in [0, 0.1) is 0 Å². The number of nitrogens with zero attached hydrogens (tertiary/aromatic N) is 2. The van der Waals surface area contributed by atoms with E-state index in [-0.39, 0.29) is 0 Å². The molecular formula is C15H19N3O. The molecule has 2 heterocycles. The molecule has 19 heavy (non-hydrogen) atoms. The van der Waals surface area contributed by atoms with Gasteiger partial charge in [-0.25, -0.2) is 4.98 Å². The molecule has 2 N–H and O–H groups in total. The number of aromatic nitrogens is 2. The average Bonchev–Trinajstić information content (AvgIpc) is 2.98. The summed E-state index contributed by atoms with van der Waals surface area (Å²) < 4.78 is 7.52. The van der Waals surface area contributed by atoms with Crippen LogP contribution in [0.2, 0.25) is 0 Å². The Balaban J connectivity index is 2.04. The average molecular weight is 257 g/mol. The van der Waals surface area contributed by atoms with Crippen molar-refractivity contribution in [2.45, 2.75) is 26.2 Å². The van der Waals surface area contributed by atoms with E-state index in [1.807, 2.05) is 23.7 Å². The first-order valence-corrected chi connectivity index (χ1v) is 6.78. The SMILES string of the molecule is CCCc1nc(-c2ccc3c(c2)CCO3)c(N)n1C. The Labute approximate surface area is 113 Å². The number of benzene rings is 1. The number of imidazole rings is 1. The Bertz CT molecular complexity index is 616. The molecule has 0 aliphatic carbocycles. The van der Waals surface area contributed by atoms with Crippen molar-refractivity contribution in [2.24, 2.45) is 7.05 Å². The zero-order chi connectivity index (χ0) is 13.4. The van der Waals surface area contributed by atoms with Gasteiger partial charge in [-0.05, 0) is 30.2 Å². The Morgan fingerprint density at radius 1 is 1.42 bits per heavy atom. The van der Waals surface area contributed by atoms with Crippen molar-refractivity contribution in [3.8, 4) is 17.0 Å². The summed E-state index contributed by atoms with van der Waals surface area (Å²) in [6, 6.07) is 6.21. The van der Waals surface area contributed by atoms with Crippen LogP contribution in [0.1, 0.15) is 24.7 Å². The second-order valence-corrected chi connectivity index (χ2v) is 4.99. The third kappa shape index (κ3) is 1.97. The van der Waals surface area contributed by atoms with E-state index in [1.54, 1.807) is 0 Å². The molecule has 100 valence electrons. The summed E-state index contributed by atoms with van der Waals surface area (Å²) in [5.74, 6) is 2.78. The van der Waals surface area contributed by atoms with Crippen LogP contribution in [-0.4, -0.2) is 16.2 Å². The first kappa shape index (κ1) is 12.1. The van der Waals surface area contributed by atoms with Gasteiger partial charge in [0.25, 0.3) is 0 Å². The fourth-order valence-electron chi connectivity index (χ4n) is 2.55. The third-order valence-corrected chi connectivity index (χ3v) is 3.67. The van der Waals surface area contributed by atoms with Crippen LogP contribution in [0.3, 0.4) is 0 Å². The Hall–Kier alpha value is -1.97. The molecule has 0 unspecified atom stereocenters. The molecule has 0 amide bonds. The van der Waals surface area contributed by atoms with Gasteiger partial charge in [-0.15, -0.1) is 0 Å². The summed E-state index contributed by atoms with van der Waals surface area (Å²) in [5.41, 5.74) is 9.40. The number of ether oxygens (including phenoxy) is 1. The predicted octanol–water partition coefficient (Wildman–Crippen LogP) is 2.56. The van der Waals surface area contributed by atoms with Gasteiger partial charge >= 0.3 is 0 Å². The van der Waals surface area contributed by atoms with Gasteiger partial charge in [0.2, 0.25) is 0 Å². The summed E-state index contributed by atoms with van der Waals surface area (Å²) >= 11 is 0. The van der Waals surface area contributed by atoms with Crippen LogP contribution in [0.25, 0.3) is 11.3 Å². The van der Waals surface area contributed by atoms with Crippen LogP contribution in [-0.2, 0) is 19.9 Å². The van der Waals surface area contributed by atoms with E-state index >= 15 is 0 Å². The van der Waals surface area contributed by atoms with Gasteiger partial charge in [0.15, 0.2) is 0 Å². The highest BCUT2D eigenvalue weighted by Gasteiger charge is 2.17. The van der Waals surface area contributed by atoms with Crippen LogP contribution < -0.4 is 10.5 Å². The Morgan fingerprint density at radius 3 is 3.05 bits per heavy atom. The number of nitrogen functional groups attached to an aromatic ring is 1. The van der Waals surface area contributed by atoms with E-state index in [0.29, 0.717) is 0 Å². The second kappa shape index (κ2) is 4.61. The molecular weight excluding hydrogens is 238 g/mol. The highest BCUT2D eigenvalue weighted by atomic mass is 16.5. The molecule has 2 aromatic rings. The van der Waals surface area contributed by atoms with E-state index in [9.17, 15) is 0 Å². The first-order chi connectivity index (χ1) is 9.20. The summed E-state index contributed by atoms with van der Waals surface area (Å²) in [7, 11) is 1.98. The molecule has 1 aliphatic heterocycles. The number of fused-ring (bicyclic) bond motifs is 1. The molecule has 0 bridgehead atoms. The summed E-state index contributed by atoms with van der Waals surface area (Å²) in [6.45, 7) is 2.93.